The topological polar surface area (TPSA) is 56.3 Å². The summed E-state index contributed by atoms with van der Waals surface area (Å²) in [5.41, 5.74) is 1.59. The summed E-state index contributed by atoms with van der Waals surface area (Å²) in [7, 11) is 3.20. The third-order valence-corrected chi connectivity index (χ3v) is 5.81. The Kier molecular flexibility index (Phi) is 5.74. The predicted octanol–water partition coefficient (Wildman–Crippen LogP) is 6.20. The molecule has 0 radical (unpaired) electrons. The van der Waals surface area contributed by atoms with Crippen LogP contribution in [-0.4, -0.2) is 24.2 Å². The maximum Gasteiger partial charge on any atom is 0.162 e. The minimum absolute atomic E-state index is 0.616. The van der Waals surface area contributed by atoms with Gasteiger partial charge in [0, 0.05) is 26.9 Å². The van der Waals surface area contributed by atoms with E-state index in [0.717, 1.165) is 26.4 Å². The van der Waals surface area contributed by atoms with E-state index in [4.69, 9.17) is 21.1 Å². The maximum atomic E-state index is 6.52. The number of halogens is 1. The first kappa shape index (κ1) is 19.4. The highest BCUT2D eigenvalue weighted by atomic mass is 35.5. The standard InChI is InChI=1S/C22H18ClN3O2S/c1-27-19-11-16-18(12-20(19)28-2)24-13-25-22(16)26-14-8-9-21(17(23)10-14)29-15-6-4-3-5-7-15/h3-13H,1-2H3,(H,24,25,26). The molecule has 0 spiro atoms. The molecular weight excluding hydrogens is 406 g/mol. The molecule has 0 atom stereocenters. The van der Waals surface area contributed by atoms with E-state index >= 15 is 0 Å². The van der Waals surface area contributed by atoms with Crippen LogP contribution in [0.2, 0.25) is 5.02 Å². The van der Waals surface area contributed by atoms with Gasteiger partial charge in [-0.1, -0.05) is 41.6 Å². The largest absolute Gasteiger partial charge is 0.493 e. The molecular formula is C22H18ClN3O2S. The Bertz CT molecular complexity index is 1160. The zero-order valence-electron chi connectivity index (χ0n) is 15.8. The van der Waals surface area contributed by atoms with Crippen LogP contribution in [0, 0.1) is 0 Å². The van der Waals surface area contributed by atoms with Gasteiger partial charge >= 0.3 is 0 Å². The molecule has 146 valence electrons. The Morgan fingerprint density at radius 1 is 0.897 bits per heavy atom. The van der Waals surface area contributed by atoms with E-state index in [1.54, 1.807) is 26.0 Å². The third kappa shape index (κ3) is 4.23. The fourth-order valence-corrected chi connectivity index (χ4v) is 4.03. The summed E-state index contributed by atoms with van der Waals surface area (Å²) >= 11 is 8.15. The van der Waals surface area contributed by atoms with Gasteiger partial charge in [0.05, 0.1) is 24.8 Å². The monoisotopic (exact) mass is 423 g/mol. The molecule has 0 saturated carbocycles. The van der Waals surface area contributed by atoms with E-state index < -0.39 is 0 Å². The molecule has 1 heterocycles. The quantitative estimate of drug-likeness (QED) is 0.398. The number of nitrogens with one attached hydrogen (secondary N) is 1. The van der Waals surface area contributed by atoms with Gasteiger partial charge in [-0.05, 0) is 36.4 Å². The number of nitrogens with zero attached hydrogens (tertiary/aromatic N) is 2. The Morgan fingerprint density at radius 2 is 1.66 bits per heavy atom. The number of aromatic nitrogens is 2. The predicted molar refractivity (Wildman–Crippen MR) is 118 cm³/mol. The van der Waals surface area contributed by atoms with Crippen molar-refractivity contribution in [3.63, 3.8) is 0 Å². The number of anilines is 2. The van der Waals surface area contributed by atoms with E-state index in [9.17, 15) is 0 Å². The Balaban J connectivity index is 1.64. The lowest BCUT2D eigenvalue weighted by atomic mass is 10.2. The zero-order valence-corrected chi connectivity index (χ0v) is 17.4. The van der Waals surface area contributed by atoms with E-state index in [1.807, 2.05) is 48.5 Å². The van der Waals surface area contributed by atoms with Gasteiger partial charge in [-0.15, -0.1) is 0 Å². The molecule has 4 aromatic rings. The van der Waals surface area contributed by atoms with Crippen molar-refractivity contribution >= 4 is 45.8 Å². The molecule has 4 rings (SSSR count). The minimum atomic E-state index is 0.616. The van der Waals surface area contributed by atoms with Crippen molar-refractivity contribution in [1.29, 1.82) is 0 Å². The number of benzene rings is 3. The second-order valence-electron chi connectivity index (χ2n) is 6.13. The molecule has 0 aliphatic heterocycles. The normalized spacial score (nSPS) is 10.7. The van der Waals surface area contributed by atoms with Crippen LogP contribution in [0.5, 0.6) is 11.5 Å². The van der Waals surface area contributed by atoms with E-state index in [0.29, 0.717) is 22.3 Å². The summed E-state index contributed by atoms with van der Waals surface area (Å²) in [5, 5.41) is 4.82. The summed E-state index contributed by atoms with van der Waals surface area (Å²) in [6.45, 7) is 0. The molecule has 0 aliphatic carbocycles. The Morgan fingerprint density at radius 3 is 2.38 bits per heavy atom. The second-order valence-corrected chi connectivity index (χ2v) is 7.65. The summed E-state index contributed by atoms with van der Waals surface area (Å²) in [6.07, 6.45) is 1.51. The van der Waals surface area contributed by atoms with E-state index in [2.05, 4.69) is 27.4 Å². The lowest BCUT2D eigenvalue weighted by molar-refractivity contribution is 0.356. The van der Waals surface area contributed by atoms with Gasteiger partial charge in [-0.2, -0.15) is 0 Å². The van der Waals surface area contributed by atoms with Gasteiger partial charge in [0.25, 0.3) is 0 Å². The smallest absolute Gasteiger partial charge is 0.162 e. The molecule has 0 saturated heterocycles. The van der Waals surface area contributed by atoms with Crippen LogP contribution >= 0.6 is 23.4 Å². The molecule has 0 amide bonds. The lowest BCUT2D eigenvalue weighted by Gasteiger charge is -2.13. The van der Waals surface area contributed by atoms with Gasteiger partial charge in [0.1, 0.15) is 12.1 Å². The van der Waals surface area contributed by atoms with E-state index in [-0.39, 0.29) is 0 Å². The fraction of sp³-hybridized carbons (Fsp3) is 0.0909. The number of methoxy groups -OCH3 is 2. The third-order valence-electron chi connectivity index (χ3n) is 4.31. The molecule has 0 fully saturated rings. The van der Waals surface area contributed by atoms with Crippen LogP contribution in [0.4, 0.5) is 11.5 Å². The van der Waals surface area contributed by atoms with Gasteiger partial charge in [0.15, 0.2) is 11.5 Å². The number of ether oxygens (including phenoxy) is 2. The molecule has 5 nitrogen and oxygen atoms in total. The van der Waals surface area contributed by atoms with Gasteiger partial charge < -0.3 is 14.8 Å². The highest BCUT2D eigenvalue weighted by molar-refractivity contribution is 7.99. The molecule has 1 N–H and O–H groups in total. The number of hydrogen-bond donors (Lipinski definition) is 1. The average molecular weight is 424 g/mol. The van der Waals surface area contributed by atoms with Gasteiger partial charge in [-0.25, -0.2) is 9.97 Å². The van der Waals surface area contributed by atoms with Crippen LogP contribution < -0.4 is 14.8 Å². The summed E-state index contributed by atoms with van der Waals surface area (Å²) in [4.78, 5) is 10.8. The Hall–Kier alpha value is -2.96. The molecule has 0 unspecified atom stereocenters. The number of hydrogen-bond acceptors (Lipinski definition) is 6. The summed E-state index contributed by atoms with van der Waals surface area (Å²) < 4.78 is 10.8. The first-order chi connectivity index (χ1) is 14.2. The first-order valence-corrected chi connectivity index (χ1v) is 10.0. The van der Waals surface area contributed by atoms with Gasteiger partial charge in [0.2, 0.25) is 0 Å². The highest BCUT2D eigenvalue weighted by Crippen LogP contribution is 2.37. The molecule has 3 aromatic carbocycles. The van der Waals surface area contributed by atoms with Crippen molar-refractivity contribution in [3.8, 4) is 11.5 Å². The van der Waals surface area contributed by atoms with Crippen molar-refractivity contribution in [2.24, 2.45) is 0 Å². The Labute approximate surface area is 178 Å². The van der Waals surface area contributed by atoms with Crippen LogP contribution in [-0.2, 0) is 0 Å². The summed E-state index contributed by atoms with van der Waals surface area (Å²) in [6, 6.07) is 19.7. The molecule has 0 aliphatic rings. The molecule has 29 heavy (non-hydrogen) atoms. The van der Waals surface area contributed by atoms with Crippen molar-refractivity contribution < 1.29 is 9.47 Å². The maximum absolute atomic E-state index is 6.52. The van der Waals surface area contributed by atoms with E-state index in [1.165, 1.54) is 6.33 Å². The molecule has 7 heteroatoms. The number of rotatable bonds is 6. The SMILES string of the molecule is COc1cc2ncnc(Nc3ccc(Sc4ccccc4)c(Cl)c3)c2cc1OC. The van der Waals surface area contributed by atoms with Crippen molar-refractivity contribution in [2.45, 2.75) is 9.79 Å². The van der Waals surface area contributed by atoms with Crippen LogP contribution in [0.1, 0.15) is 0 Å². The molecule has 1 aromatic heterocycles. The summed E-state index contributed by atoms with van der Waals surface area (Å²) in [5.74, 6) is 1.90. The van der Waals surface area contributed by atoms with Crippen LogP contribution in [0.25, 0.3) is 10.9 Å². The van der Waals surface area contributed by atoms with Gasteiger partial charge in [-0.3, -0.25) is 0 Å². The average Bonchev–Trinajstić information content (AvgIpc) is 2.75. The molecule has 0 bridgehead atoms. The highest BCUT2D eigenvalue weighted by Gasteiger charge is 2.12. The zero-order chi connectivity index (χ0) is 20.2. The van der Waals surface area contributed by atoms with Crippen molar-refractivity contribution in [3.05, 3.63) is 72.0 Å². The fourth-order valence-electron chi connectivity index (χ4n) is 2.90. The minimum Gasteiger partial charge on any atom is -0.493 e. The first-order valence-electron chi connectivity index (χ1n) is 8.84. The van der Waals surface area contributed by atoms with Crippen LogP contribution in [0.15, 0.2) is 76.8 Å². The lowest BCUT2D eigenvalue weighted by Crippen LogP contribution is -1.98. The second kappa shape index (κ2) is 8.59. The number of fused-ring (bicyclic) bond motifs is 1. The van der Waals surface area contributed by atoms with Crippen molar-refractivity contribution in [2.75, 3.05) is 19.5 Å². The van der Waals surface area contributed by atoms with Crippen LogP contribution in [0.3, 0.4) is 0 Å². The van der Waals surface area contributed by atoms with Crippen molar-refractivity contribution in [1.82, 2.24) is 9.97 Å².